The second-order valence-electron chi connectivity index (χ2n) is 4.66. The highest BCUT2D eigenvalue weighted by Crippen LogP contribution is 2.24. The number of hydrogen-bond acceptors (Lipinski definition) is 3. The van der Waals surface area contributed by atoms with E-state index in [0.29, 0.717) is 6.61 Å². The molecule has 1 atom stereocenters. The summed E-state index contributed by atoms with van der Waals surface area (Å²) >= 11 is 7.73. The van der Waals surface area contributed by atoms with E-state index in [4.69, 9.17) is 22.1 Å². The fraction of sp³-hybridized carbons (Fsp3) is 0.333. The average molecular weight is 296 g/mol. The van der Waals surface area contributed by atoms with Crippen molar-refractivity contribution in [3.05, 3.63) is 51.2 Å². The maximum atomic E-state index is 6.02. The van der Waals surface area contributed by atoms with E-state index < -0.39 is 0 Å². The van der Waals surface area contributed by atoms with Crippen LogP contribution in [0.4, 0.5) is 0 Å². The molecule has 2 aromatic rings. The predicted molar refractivity (Wildman–Crippen MR) is 82.3 cm³/mol. The van der Waals surface area contributed by atoms with Crippen LogP contribution in [0.15, 0.2) is 35.0 Å². The fourth-order valence-corrected chi connectivity index (χ4v) is 2.81. The van der Waals surface area contributed by atoms with E-state index in [1.165, 1.54) is 5.56 Å². The first-order valence-corrected chi connectivity index (χ1v) is 7.65. The molecule has 0 aliphatic heterocycles. The smallest absolute Gasteiger partial charge is 0.122 e. The summed E-state index contributed by atoms with van der Waals surface area (Å²) in [7, 11) is 0. The third-order valence-electron chi connectivity index (χ3n) is 2.79. The lowest BCUT2D eigenvalue weighted by atomic mass is 10.1. The Morgan fingerprint density at radius 3 is 2.89 bits per heavy atom. The van der Waals surface area contributed by atoms with Gasteiger partial charge in [0.05, 0.1) is 6.61 Å². The predicted octanol–water partition coefficient (Wildman–Crippen LogP) is 3.91. The van der Waals surface area contributed by atoms with Crippen LogP contribution in [-0.2, 0) is 12.8 Å². The zero-order valence-electron chi connectivity index (χ0n) is 10.9. The quantitative estimate of drug-likeness (QED) is 0.877. The van der Waals surface area contributed by atoms with E-state index in [2.05, 4.69) is 16.8 Å². The van der Waals surface area contributed by atoms with E-state index >= 15 is 0 Å². The van der Waals surface area contributed by atoms with Gasteiger partial charge in [-0.05, 0) is 59.5 Å². The Balaban J connectivity index is 1.98. The first-order valence-electron chi connectivity index (χ1n) is 6.33. The summed E-state index contributed by atoms with van der Waals surface area (Å²) in [6.07, 6.45) is 1.69. The summed E-state index contributed by atoms with van der Waals surface area (Å²) in [6, 6.07) is 7.93. The van der Waals surface area contributed by atoms with E-state index in [1.54, 1.807) is 11.3 Å². The molecule has 0 fully saturated rings. The number of nitrogens with two attached hydrogens (primary N) is 1. The molecule has 4 heteroatoms. The Bertz CT molecular complexity index is 511. The zero-order valence-corrected chi connectivity index (χ0v) is 12.5. The van der Waals surface area contributed by atoms with Crippen LogP contribution >= 0.6 is 22.9 Å². The van der Waals surface area contributed by atoms with Crippen LogP contribution < -0.4 is 10.5 Å². The van der Waals surface area contributed by atoms with Crippen LogP contribution in [0.5, 0.6) is 5.75 Å². The molecule has 102 valence electrons. The van der Waals surface area contributed by atoms with Crippen LogP contribution in [-0.4, -0.2) is 12.6 Å². The second-order valence-corrected chi connectivity index (χ2v) is 5.88. The van der Waals surface area contributed by atoms with Crippen LogP contribution in [0, 0.1) is 0 Å². The third-order valence-corrected chi connectivity index (χ3v) is 3.76. The molecular formula is C15H18ClNOS. The molecule has 2 N–H and O–H groups in total. The molecule has 0 saturated carbocycles. The highest BCUT2D eigenvalue weighted by atomic mass is 35.5. The van der Waals surface area contributed by atoms with E-state index in [0.717, 1.165) is 29.2 Å². The minimum atomic E-state index is 0.0951. The Morgan fingerprint density at radius 2 is 2.21 bits per heavy atom. The average Bonchev–Trinajstić information content (AvgIpc) is 2.84. The van der Waals surface area contributed by atoms with Gasteiger partial charge in [0, 0.05) is 17.5 Å². The molecule has 2 nitrogen and oxygen atoms in total. The number of rotatable bonds is 6. The molecule has 1 aromatic carbocycles. The normalized spacial score (nSPS) is 12.4. The van der Waals surface area contributed by atoms with Crippen molar-refractivity contribution >= 4 is 22.9 Å². The van der Waals surface area contributed by atoms with Crippen molar-refractivity contribution in [3.63, 3.8) is 0 Å². The van der Waals surface area contributed by atoms with Gasteiger partial charge in [-0.3, -0.25) is 0 Å². The van der Waals surface area contributed by atoms with E-state index in [-0.39, 0.29) is 6.04 Å². The Hall–Kier alpha value is -1.03. The largest absolute Gasteiger partial charge is 0.493 e. The van der Waals surface area contributed by atoms with Crippen LogP contribution in [0.1, 0.15) is 18.1 Å². The lowest BCUT2D eigenvalue weighted by Gasteiger charge is -2.13. The van der Waals surface area contributed by atoms with Crippen molar-refractivity contribution in [1.29, 1.82) is 0 Å². The van der Waals surface area contributed by atoms with Gasteiger partial charge in [-0.1, -0.05) is 11.6 Å². The van der Waals surface area contributed by atoms with Gasteiger partial charge in [0.2, 0.25) is 0 Å². The maximum Gasteiger partial charge on any atom is 0.122 e. The van der Waals surface area contributed by atoms with Gasteiger partial charge in [-0.25, -0.2) is 0 Å². The Labute approximate surface area is 123 Å². The second kappa shape index (κ2) is 6.94. The summed E-state index contributed by atoms with van der Waals surface area (Å²) in [4.78, 5) is 0. The molecule has 2 rings (SSSR count). The first kappa shape index (κ1) is 14.4. The van der Waals surface area contributed by atoms with Crippen molar-refractivity contribution in [2.24, 2.45) is 5.73 Å². The molecule has 0 bridgehead atoms. The highest BCUT2D eigenvalue weighted by Gasteiger charge is 2.07. The summed E-state index contributed by atoms with van der Waals surface area (Å²) < 4.78 is 5.86. The van der Waals surface area contributed by atoms with E-state index in [1.807, 2.05) is 25.1 Å². The molecule has 1 aromatic heterocycles. The zero-order chi connectivity index (χ0) is 13.7. The molecule has 0 radical (unpaired) electrons. The summed E-state index contributed by atoms with van der Waals surface area (Å²) in [5, 5.41) is 4.95. The monoisotopic (exact) mass is 295 g/mol. The molecule has 0 saturated heterocycles. The fourth-order valence-electron chi connectivity index (χ4n) is 1.91. The van der Waals surface area contributed by atoms with Crippen molar-refractivity contribution in [2.45, 2.75) is 25.8 Å². The number of halogens is 1. The van der Waals surface area contributed by atoms with Crippen molar-refractivity contribution in [1.82, 2.24) is 0 Å². The van der Waals surface area contributed by atoms with Gasteiger partial charge in [-0.2, -0.15) is 11.3 Å². The van der Waals surface area contributed by atoms with Gasteiger partial charge < -0.3 is 10.5 Å². The third kappa shape index (κ3) is 4.53. The molecule has 19 heavy (non-hydrogen) atoms. The van der Waals surface area contributed by atoms with Gasteiger partial charge in [0.15, 0.2) is 0 Å². The molecular weight excluding hydrogens is 278 g/mol. The number of ether oxygens (including phenoxy) is 1. The van der Waals surface area contributed by atoms with E-state index in [9.17, 15) is 0 Å². The molecule has 0 aliphatic carbocycles. The molecule has 1 unspecified atom stereocenters. The number of thiophene rings is 1. The maximum absolute atomic E-state index is 6.02. The molecule has 0 aliphatic rings. The Morgan fingerprint density at radius 1 is 1.37 bits per heavy atom. The number of benzene rings is 1. The topological polar surface area (TPSA) is 35.2 Å². The summed E-state index contributed by atoms with van der Waals surface area (Å²) in [5.41, 5.74) is 8.24. The summed E-state index contributed by atoms with van der Waals surface area (Å²) in [6.45, 7) is 2.65. The van der Waals surface area contributed by atoms with Crippen molar-refractivity contribution in [3.8, 4) is 5.75 Å². The molecule has 0 spiro atoms. The van der Waals surface area contributed by atoms with Gasteiger partial charge in [0.25, 0.3) is 0 Å². The minimum Gasteiger partial charge on any atom is -0.493 e. The van der Waals surface area contributed by atoms with Gasteiger partial charge in [-0.15, -0.1) is 0 Å². The number of hydrogen-bond donors (Lipinski definition) is 1. The standard InChI is InChI=1S/C15H18ClNOS/c1-11(17)8-13-9-14(16)2-3-15(13)18-6-4-12-5-7-19-10-12/h2-3,5,7,9-11H,4,6,8,17H2,1H3. The van der Waals surface area contributed by atoms with Crippen LogP contribution in [0.3, 0.4) is 0 Å². The highest BCUT2D eigenvalue weighted by molar-refractivity contribution is 7.07. The van der Waals surface area contributed by atoms with Crippen molar-refractivity contribution < 1.29 is 4.74 Å². The lowest BCUT2D eigenvalue weighted by Crippen LogP contribution is -2.18. The van der Waals surface area contributed by atoms with Crippen LogP contribution in [0.2, 0.25) is 5.02 Å². The lowest BCUT2D eigenvalue weighted by molar-refractivity contribution is 0.318. The first-order chi connectivity index (χ1) is 9.15. The SMILES string of the molecule is CC(N)Cc1cc(Cl)ccc1OCCc1ccsc1. The summed E-state index contributed by atoms with van der Waals surface area (Å²) in [5.74, 6) is 0.886. The molecule has 1 heterocycles. The van der Waals surface area contributed by atoms with Gasteiger partial charge >= 0.3 is 0 Å². The minimum absolute atomic E-state index is 0.0951. The van der Waals surface area contributed by atoms with Crippen LogP contribution in [0.25, 0.3) is 0 Å². The molecule has 0 amide bonds. The van der Waals surface area contributed by atoms with Crippen molar-refractivity contribution in [2.75, 3.05) is 6.61 Å². The Kier molecular flexibility index (Phi) is 5.25. The van der Waals surface area contributed by atoms with Gasteiger partial charge in [0.1, 0.15) is 5.75 Å².